The Hall–Kier alpha value is -1.16. The molecule has 2 aromatic rings. The molecule has 21 heavy (non-hydrogen) atoms. The molecule has 0 saturated carbocycles. The Kier molecular flexibility index (Phi) is 5.97. The molecule has 1 aromatic carbocycles. The van der Waals surface area contributed by atoms with Gasteiger partial charge in [0.15, 0.2) is 0 Å². The van der Waals surface area contributed by atoms with Gasteiger partial charge in [-0.2, -0.15) is 0 Å². The summed E-state index contributed by atoms with van der Waals surface area (Å²) in [5.41, 5.74) is 4.16. The minimum absolute atomic E-state index is 0.990. The average molecular weight is 302 g/mol. The lowest BCUT2D eigenvalue weighted by Crippen LogP contribution is -2.17. The van der Waals surface area contributed by atoms with E-state index in [0.29, 0.717) is 0 Å². The lowest BCUT2D eigenvalue weighted by Gasteiger charge is -2.16. The Bertz CT molecular complexity index is 557. The molecule has 0 unspecified atom stereocenters. The summed E-state index contributed by atoms with van der Waals surface area (Å²) in [6, 6.07) is 11.2. The lowest BCUT2D eigenvalue weighted by atomic mass is 10.1. The summed E-state index contributed by atoms with van der Waals surface area (Å²) in [6.45, 7) is 10.5. The highest BCUT2D eigenvalue weighted by atomic mass is 32.1. The molecule has 2 nitrogen and oxygen atoms in total. The van der Waals surface area contributed by atoms with Crippen molar-refractivity contribution >= 4 is 11.3 Å². The maximum Gasteiger partial charge on any atom is 0.0299 e. The minimum atomic E-state index is 0.990. The SMILES string of the molecule is CCNCc1cc(CN(C)Cc2ccc(C)cc2)c(C)s1. The highest BCUT2D eigenvalue weighted by molar-refractivity contribution is 7.12. The van der Waals surface area contributed by atoms with E-state index in [1.165, 1.54) is 26.4 Å². The fourth-order valence-electron chi connectivity index (χ4n) is 2.43. The third kappa shape index (κ3) is 4.95. The van der Waals surface area contributed by atoms with Crippen LogP contribution in [0.2, 0.25) is 0 Å². The van der Waals surface area contributed by atoms with Crippen molar-refractivity contribution in [1.82, 2.24) is 10.2 Å². The third-order valence-corrected chi connectivity index (χ3v) is 4.73. The Morgan fingerprint density at radius 1 is 1.10 bits per heavy atom. The fraction of sp³-hybridized carbons (Fsp3) is 0.444. The van der Waals surface area contributed by atoms with Crippen LogP contribution in [-0.2, 0) is 19.6 Å². The van der Waals surface area contributed by atoms with E-state index in [2.05, 4.69) is 68.4 Å². The van der Waals surface area contributed by atoms with Gasteiger partial charge < -0.3 is 5.32 Å². The number of hydrogen-bond acceptors (Lipinski definition) is 3. The first-order valence-electron chi connectivity index (χ1n) is 7.61. The lowest BCUT2D eigenvalue weighted by molar-refractivity contribution is 0.319. The molecule has 1 heterocycles. The third-order valence-electron chi connectivity index (χ3n) is 3.63. The topological polar surface area (TPSA) is 15.3 Å². The number of rotatable bonds is 7. The molecule has 0 aliphatic heterocycles. The van der Waals surface area contributed by atoms with Crippen molar-refractivity contribution in [3.05, 3.63) is 56.8 Å². The second-order valence-corrected chi connectivity index (χ2v) is 7.07. The smallest absolute Gasteiger partial charge is 0.0299 e. The number of thiophene rings is 1. The van der Waals surface area contributed by atoms with E-state index in [0.717, 1.165) is 26.2 Å². The molecule has 0 saturated heterocycles. The zero-order chi connectivity index (χ0) is 15.2. The van der Waals surface area contributed by atoms with E-state index >= 15 is 0 Å². The van der Waals surface area contributed by atoms with E-state index in [4.69, 9.17) is 0 Å². The van der Waals surface area contributed by atoms with Gasteiger partial charge in [-0.25, -0.2) is 0 Å². The number of hydrogen-bond donors (Lipinski definition) is 1. The van der Waals surface area contributed by atoms with Gasteiger partial charge in [0.2, 0.25) is 0 Å². The van der Waals surface area contributed by atoms with Crippen molar-refractivity contribution in [2.45, 2.75) is 40.4 Å². The van der Waals surface area contributed by atoms with Crippen LogP contribution in [-0.4, -0.2) is 18.5 Å². The largest absolute Gasteiger partial charge is 0.312 e. The van der Waals surface area contributed by atoms with Gasteiger partial charge in [0.25, 0.3) is 0 Å². The summed E-state index contributed by atoms with van der Waals surface area (Å²) in [4.78, 5) is 5.27. The van der Waals surface area contributed by atoms with Crippen LogP contribution in [0.1, 0.15) is 33.4 Å². The van der Waals surface area contributed by atoms with Crippen LogP contribution in [0.5, 0.6) is 0 Å². The molecule has 114 valence electrons. The Morgan fingerprint density at radius 3 is 2.48 bits per heavy atom. The zero-order valence-corrected chi connectivity index (χ0v) is 14.4. The van der Waals surface area contributed by atoms with E-state index in [-0.39, 0.29) is 0 Å². The molecule has 3 heteroatoms. The average Bonchev–Trinajstić information content (AvgIpc) is 2.79. The van der Waals surface area contributed by atoms with Crippen LogP contribution >= 0.6 is 11.3 Å². The quantitative estimate of drug-likeness (QED) is 0.828. The van der Waals surface area contributed by atoms with Crippen LogP contribution < -0.4 is 5.32 Å². The van der Waals surface area contributed by atoms with Crippen molar-refractivity contribution in [3.8, 4) is 0 Å². The molecule has 2 rings (SSSR count). The van der Waals surface area contributed by atoms with Crippen molar-refractivity contribution < 1.29 is 0 Å². The number of nitrogens with one attached hydrogen (secondary N) is 1. The van der Waals surface area contributed by atoms with Gasteiger partial charge >= 0.3 is 0 Å². The highest BCUT2D eigenvalue weighted by Gasteiger charge is 2.08. The van der Waals surface area contributed by atoms with E-state index in [1.807, 2.05) is 11.3 Å². The Labute approximate surface area is 132 Å². The summed E-state index contributed by atoms with van der Waals surface area (Å²) in [7, 11) is 2.20. The zero-order valence-electron chi connectivity index (χ0n) is 13.6. The summed E-state index contributed by atoms with van der Waals surface area (Å²) < 4.78 is 0. The first-order chi connectivity index (χ1) is 10.1. The first kappa shape index (κ1) is 16.2. The molecule has 0 bridgehead atoms. The van der Waals surface area contributed by atoms with E-state index < -0.39 is 0 Å². The Balaban J connectivity index is 1.94. The van der Waals surface area contributed by atoms with E-state index in [9.17, 15) is 0 Å². The number of nitrogens with zero attached hydrogens (tertiary/aromatic N) is 1. The number of benzene rings is 1. The van der Waals surface area contributed by atoms with Crippen LogP contribution in [0.15, 0.2) is 30.3 Å². The number of aryl methyl sites for hydroxylation is 2. The second-order valence-electron chi connectivity index (χ2n) is 5.73. The summed E-state index contributed by atoms with van der Waals surface area (Å²) in [5, 5.41) is 3.40. The molecular formula is C18H26N2S. The van der Waals surface area contributed by atoms with Gasteiger partial charge in [0.1, 0.15) is 0 Å². The second kappa shape index (κ2) is 7.74. The minimum Gasteiger partial charge on any atom is -0.312 e. The van der Waals surface area contributed by atoms with Crippen LogP contribution in [0.3, 0.4) is 0 Å². The Morgan fingerprint density at radius 2 is 1.81 bits per heavy atom. The first-order valence-corrected chi connectivity index (χ1v) is 8.43. The normalized spacial score (nSPS) is 11.3. The van der Waals surface area contributed by atoms with Crippen LogP contribution in [0, 0.1) is 13.8 Å². The molecule has 0 aliphatic carbocycles. The predicted molar refractivity (Wildman–Crippen MR) is 92.8 cm³/mol. The van der Waals surface area contributed by atoms with E-state index in [1.54, 1.807) is 0 Å². The maximum atomic E-state index is 3.40. The van der Waals surface area contributed by atoms with Gasteiger partial charge in [-0.05, 0) is 44.6 Å². The summed E-state index contributed by atoms with van der Waals surface area (Å²) >= 11 is 1.92. The monoisotopic (exact) mass is 302 g/mol. The molecule has 0 aliphatic rings. The molecule has 0 fully saturated rings. The van der Waals surface area contributed by atoms with Gasteiger partial charge in [-0.3, -0.25) is 4.90 Å². The highest BCUT2D eigenvalue weighted by Crippen LogP contribution is 2.23. The fourth-order valence-corrected chi connectivity index (χ4v) is 3.46. The van der Waals surface area contributed by atoms with Gasteiger partial charge in [-0.1, -0.05) is 36.8 Å². The molecular weight excluding hydrogens is 276 g/mol. The van der Waals surface area contributed by atoms with Gasteiger partial charge in [-0.15, -0.1) is 11.3 Å². The molecule has 1 N–H and O–H groups in total. The molecule has 0 atom stereocenters. The van der Waals surface area contributed by atoms with Crippen LogP contribution in [0.25, 0.3) is 0 Å². The predicted octanol–water partition coefficient (Wildman–Crippen LogP) is 4.11. The standard InChI is InChI=1S/C18H26N2S/c1-5-19-11-18-10-17(15(3)21-18)13-20(4)12-16-8-6-14(2)7-9-16/h6-10,19H,5,11-13H2,1-4H3. The van der Waals surface area contributed by atoms with Gasteiger partial charge in [0.05, 0.1) is 0 Å². The molecule has 0 radical (unpaired) electrons. The molecule has 1 aromatic heterocycles. The van der Waals surface area contributed by atoms with Crippen LogP contribution in [0.4, 0.5) is 0 Å². The molecule has 0 spiro atoms. The van der Waals surface area contributed by atoms with Gasteiger partial charge in [0, 0.05) is 29.4 Å². The van der Waals surface area contributed by atoms with Crippen molar-refractivity contribution in [2.24, 2.45) is 0 Å². The maximum absolute atomic E-state index is 3.40. The summed E-state index contributed by atoms with van der Waals surface area (Å²) in [6.07, 6.45) is 0. The van der Waals surface area contributed by atoms with Crippen molar-refractivity contribution in [1.29, 1.82) is 0 Å². The summed E-state index contributed by atoms with van der Waals surface area (Å²) in [5.74, 6) is 0. The van der Waals surface area contributed by atoms with Crippen molar-refractivity contribution in [2.75, 3.05) is 13.6 Å². The van der Waals surface area contributed by atoms with Crippen molar-refractivity contribution in [3.63, 3.8) is 0 Å². The molecule has 0 amide bonds.